The fourth-order valence-electron chi connectivity index (χ4n) is 0.982. The van der Waals surface area contributed by atoms with Crippen LogP contribution in [-0.2, 0) is 4.79 Å². The zero-order valence-electron chi connectivity index (χ0n) is 7.15. The Morgan fingerprint density at radius 2 is 2.42 bits per heavy atom. The summed E-state index contributed by atoms with van der Waals surface area (Å²) >= 11 is 0. The minimum absolute atomic E-state index is 0.207. The zero-order valence-corrected chi connectivity index (χ0v) is 7.15. The Morgan fingerprint density at radius 3 is 3.00 bits per heavy atom. The van der Waals surface area contributed by atoms with Gasteiger partial charge >= 0.3 is 0 Å². The molecule has 0 aliphatic rings. The minimum atomic E-state index is -0.207. The van der Waals surface area contributed by atoms with E-state index in [1.807, 2.05) is 0 Å². The fourth-order valence-corrected chi connectivity index (χ4v) is 0.982. The summed E-state index contributed by atoms with van der Waals surface area (Å²) in [5.74, 6) is 0.457. The Kier molecular flexibility index (Phi) is 2.80. The molecule has 3 heteroatoms. The molecule has 0 N–H and O–H groups in total. The minimum Gasteiger partial charge on any atom is -0.495 e. The second kappa shape index (κ2) is 3.85. The SMILES string of the molecule is COc1cccnc1C(C)C=O. The highest BCUT2D eigenvalue weighted by molar-refractivity contribution is 5.62. The van der Waals surface area contributed by atoms with Crippen molar-refractivity contribution in [1.82, 2.24) is 4.98 Å². The molecule has 1 rings (SSSR count). The molecule has 0 aliphatic carbocycles. The Morgan fingerprint density at radius 1 is 1.67 bits per heavy atom. The van der Waals surface area contributed by atoms with E-state index in [1.165, 1.54) is 0 Å². The molecule has 64 valence electrons. The number of rotatable bonds is 3. The molecule has 0 fully saturated rings. The normalized spacial score (nSPS) is 12.2. The molecule has 0 radical (unpaired) electrons. The Balaban J connectivity index is 3.04. The summed E-state index contributed by atoms with van der Waals surface area (Å²) in [6.45, 7) is 1.79. The summed E-state index contributed by atoms with van der Waals surface area (Å²) < 4.78 is 5.05. The van der Waals surface area contributed by atoms with Gasteiger partial charge in [-0.25, -0.2) is 0 Å². The van der Waals surface area contributed by atoms with Gasteiger partial charge in [-0.3, -0.25) is 4.98 Å². The van der Waals surface area contributed by atoms with E-state index in [2.05, 4.69) is 4.98 Å². The maximum absolute atomic E-state index is 10.5. The van der Waals surface area contributed by atoms with E-state index in [0.29, 0.717) is 11.4 Å². The fraction of sp³-hybridized carbons (Fsp3) is 0.333. The van der Waals surface area contributed by atoms with Crippen LogP contribution in [0.25, 0.3) is 0 Å². The number of hydrogen-bond donors (Lipinski definition) is 0. The molecule has 0 saturated carbocycles. The molecule has 0 saturated heterocycles. The number of aromatic nitrogens is 1. The van der Waals surface area contributed by atoms with Gasteiger partial charge in [-0.2, -0.15) is 0 Å². The maximum atomic E-state index is 10.5. The van der Waals surface area contributed by atoms with Gasteiger partial charge in [0.25, 0.3) is 0 Å². The van der Waals surface area contributed by atoms with E-state index in [9.17, 15) is 4.79 Å². The molecule has 3 nitrogen and oxygen atoms in total. The van der Waals surface area contributed by atoms with Crippen LogP contribution in [-0.4, -0.2) is 18.4 Å². The summed E-state index contributed by atoms with van der Waals surface area (Å²) in [5.41, 5.74) is 0.690. The van der Waals surface area contributed by atoms with Crippen LogP contribution in [0, 0.1) is 0 Å². The summed E-state index contributed by atoms with van der Waals surface area (Å²) in [7, 11) is 1.57. The first-order chi connectivity index (χ1) is 5.79. The van der Waals surface area contributed by atoms with Crippen LogP contribution in [0.4, 0.5) is 0 Å². The van der Waals surface area contributed by atoms with Crippen LogP contribution in [0.3, 0.4) is 0 Å². The van der Waals surface area contributed by atoms with E-state index in [1.54, 1.807) is 32.4 Å². The number of carbonyl (C=O) groups excluding carboxylic acids is 1. The van der Waals surface area contributed by atoms with Crippen molar-refractivity contribution in [3.8, 4) is 5.75 Å². The average molecular weight is 165 g/mol. The van der Waals surface area contributed by atoms with Gasteiger partial charge in [0.05, 0.1) is 18.7 Å². The molecule has 0 spiro atoms. The van der Waals surface area contributed by atoms with Gasteiger partial charge < -0.3 is 9.53 Å². The standard InChI is InChI=1S/C9H11NO2/c1-7(6-11)9-8(12-2)4-3-5-10-9/h3-7H,1-2H3. The topological polar surface area (TPSA) is 39.2 Å². The van der Waals surface area contributed by atoms with E-state index >= 15 is 0 Å². The van der Waals surface area contributed by atoms with Crippen molar-refractivity contribution in [1.29, 1.82) is 0 Å². The first kappa shape index (κ1) is 8.71. The van der Waals surface area contributed by atoms with Crippen LogP contribution in [0.1, 0.15) is 18.5 Å². The van der Waals surface area contributed by atoms with Crippen molar-refractivity contribution in [2.24, 2.45) is 0 Å². The van der Waals surface area contributed by atoms with Crippen molar-refractivity contribution < 1.29 is 9.53 Å². The van der Waals surface area contributed by atoms with Gasteiger partial charge in [0.1, 0.15) is 12.0 Å². The molecular weight excluding hydrogens is 154 g/mol. The van der Waals surface area contributed by atoms with Crippen molar-refractivity contribution in [3.63, 3.8) is 0 Å². The van der Waals surface area contributed by atoms with Gasteiger partial charge in [0.2, 0.25) is 0 Å². The molecule has 0 aliphatic heterocycles. The third-order valence-electron chi connectivity index (χ3n) is 1.66. The molecule has 0 amide bonds. The lowest BCUT2D eigenvalue weighted by molar-refractivity contribution is -0.108. The lowest BCUT2D eigenvalue weighted by Gasteiger charge is -2.07. The number of pyridine rings is 1. The summed E-state index contributed by atoms with van der Waals surface area (Å²) in [5, 5.41) is 0. The lowest BCUT2D eigenvalue weighted by Crippen LogP contribution is -2.00. The summed E-state index contributed by atoms with van der Waals surface area (Å²) in [6, 6.07) is 3.57. The second-order valence-corrected chi connectivity index (χ2v) is 2.52. The third kappa shape index (κ3) is 1.61. The predicted octanol–water partition coefficient (Wildman–Crippen LogP) is 1.39. The lowest BCUT2D eigenvalue weighted by atomic mass is 10.1. The van der Waals surface area contributed by atoms with Crippen molar-refractivity contribution in [2.75, 3.05) is 7.11 Å². The molecule has 1 aromatic rings. The van der Waals surface area contributed by atoms with Gasteiger partial charge in [-0.05, 0) is 19.1 Å². The molecule has 1 atom stereocenters. The van der Waals surface area contributed by atoms with Crippen molar-refractivity contribution >= 4 is 6.29 Å². The maximum Gasteiger partial charge on any atom is 0.141 e. The largest absolute Gasteiger partial charge is 0.495 e. The van der Waals surface area contributed by atoms with Gasteiger partial charge in [-0.1, -0.05) is 0 Å². The van der Waals surface area contributed by atoms with E-state index in [-0.39, 0.29) is 5.92 Å². The van der Waals surface area contributed by atoms with Gasteiger partial charge in [0, 0.05) is 6.20 Å². The molecule has 1 unspecified atom stereocenters. The summed E-state index contributed by atoms with van der Waals surface area (Å²) in [6.07, 6.45) is 2.50. The highest BCUT2D eigenvalue weighted by Gasteiger charge is 2.10. The monoisotopic (exact) mass is 165 g/mol. The van der Waals surface area contributed by atoms with Crippen LogP contribution < -0.4 is 4.74 Å². The van der Waals surface area contributed by atoms with Crippen LogP contribution in [0.5, 0.6) is 5.75 Å². The number of ether oxygens (including phenoxy) is 1. The number of methoxy groups -OCH3 is 1. The Labute approximate surface area is 71.4 Å². The van der Waals surface area contributed by atoms with Gasteiger partial charge in [0.15, 0.2) is 0 Å². The highest BCUT2D eigenvalue weighted by atomic mass is 16.5. The van der Waals surface area contributed by atoms with Crippen LogP contribution >= 0.6 is 0 Å². The summed E-state index contributed by atoms with van der Waals surface area (Å²) in [4.78, 5) is 14.5. The van der Waals surface area contributed by atoms with Crippen LogP contribution in [0.2, 0.25) is 0 Å². The smallest absolute Gasteiger partial charge is 0.141 e. The molecule has 12 heavy (non-hydrogen) atoms. The average Bonchev–Trinajstić information content (AvgIpc) is 2.16. The molecular formula is C9H11NO2. The van der Waals surface area contributed by atoms with Crippen LogP contribution in [0.15, 0.2) is 18.3 Å². The van der Waals surface area contributed by atoms with E-state index in [4.69, 9.17) is 4.74 Å². The van der Waals surface area contributed by atoms with Crippen molar-refractivity contribution in [3.05, 3.63) is 24.0 Å². The second-order valence-electron chi connectivity index (χ2n) is 2.52. The third-order valence-corrected chi connectivity index (χ3v) is 1.66. The predicted molar refractivity (Wildman–Crippen MR) is 45.3 cm³/mol. The Hall–Kier alpha value is -1.38. The highest BCUT2D eigenvalue weighted by Crippen LogP contribution is 2.21. The first-order valence-corrected chi connectivity index (χ1v) is 3.73. The van der Waals surface area contributed by atoms with E-state index < -0.39 is 0 Å². The molecule has 0 aromatic carbocycles. The quantitative estimate of drug-likeness (QED) is 0.635. The first-order valence-electron chi connectivity index (χ1n) is 3.73. The molecule has 0 bridgehead atoms. The Bertz CT molecular complexity index is 273. The number of aldehydes is 1. The number of carbonyl (C=O) groups is 1. The zero-order chi connectivity index (χ0) is 8.97. The van der Waals surface area contributed by atoms with Gasteiger partial charge in [-0.15, -0.1) is 0 Å². The molecule has 1 heterocycles. The number of hydrogen-bond acceptors (Lipinski definition) is 3. The van der Waals surface area contributed by atoms with E-state index in [0.717, 1.165) is 6.29 Å². The van der Waals surface area contributed by atoms with Crippen molar-refractivity contribution in [2.45, 2.75) is 12.8 Å². The molecule has 1 aromatic heterocycles. The number of nitrogens with zero attached hydrogens (tertiary/aromatic N) is 1.